The van der Waals surface area contributed by atoms with E-state index in [4.69, 9.17) is 0 Å². The van der Waals surface area contributed by atoms with Crippen molar-refractivity contribution in [2.24, 2.45) is 0 Å². The summed E-state index contributed by atoms with van der Waals surface area (Å²) < 4.78 is 4.27. The molecule has 0 aliphatic carbocycles. The zero-order chi connectivity index (χ0) is 4.12. The van der Waals surface area contributed by atoms with Gasteiger partial charge in [0.15, 0.2) is 0 Å². The molecular weight excluding hydrogens is 71.0 g/mol. The van der Waals surface area contributed by atoms with E-state index in [2.05, 4.69) is 23.3 Å². The van der Waals surface area contributed by atoms with Gasteiger partial charge in [0.05, 0.1) is 7.11 Å². The summed E-state index contributed by atoms with van der Waals surface area (Å²) in [6.07, 6.45) is 2.25. The molecule has 0 amide bonds. The zero-order valence-corrected chi connectivity index (χ0v) is 4.12. The molecule has 1 nitrogen and oxygen atoms in total. The van der Waals surface area contributed by atoms with Crippen molar-refractivity contribution in [1.82, 2.24) is 0 Å². The summed E-state index contributed by atoms with van der Waals surface area (Å²) in [7, 11) is 1.50. The van der Waals surface area contributed by atoms with Gasteiger partial charge in [-0.15, -0.1) is 0 Å². The standard InChI is InChI=1S/C4H5O.Li/c1-3-4-5-2;/h1H2,2H3;/q-1;+1. The molecule has 0 rings (SSSR count). The first-order valence-electron chi connectivity index (χ1n) is 1.22. The molecule has 6 heavy (non-hydrogen) atoms. The molecule has 0 N–H and O–H groups in total. The quantitative estimate of drug-likeness (QED) is 0.148. The molecule has 0 heterocycles. The van der Waals surface area contributed by atoms with Crippen molar-refractivity contribution in [2.75, 3.05) is 7.11 Å². The third-order valence-electron chi connectivity index (χ3n) is 0.174. The van der Waals surface area contributed by atoms with Crippen LogP contribution in [0.5, 0.6) is 0 Å². The Kier molecular flexibility index (Phi) is 13.8. The minimum absolute atomic E-state index is 0. The normalized spacial score (nSPS) is 4.17. The molecule has 0 aromatic heterocycles. The van der Waals surface area contributed by atoms with Crippen LogP contribution in [0.15, 0.2) is 12.3 Å². The van der Waals surface area contributed by atoms with E-state index in [0.29, 0.717) is 0 Å². The maximum absolute atomic E-state index is 4.27. The summed E-state index contributed by atoms with van der Waals surface area (Å²) in [5.41, 5.74) is 2.30. The van der Waals surface area contributed by atoms with Crippen molar-refractivity contribution >= 4 is 0 Å². The van der Waals surface area contributed by atoms with E-state index in [1.54, 1.807) is 0 Å². The molecule has 28 valence electrons. The Bertz CT molecular complexity index is 54.6. The summed E-state index contributed by atoms with van der Waals surface area (Å²) in [5.74, 6) is 0. The van der Waals surface area contributed by atoms with Crippen LogP contribution in [0.3, 0.4) is 0 Å². The Morgan fingerprint density at radius 2 is 2.33 bits per heavy atom. The van der Waals surface area contributed by atoms with Gasteiger partial charge >= 0.3 is 18.9 Å². The fraction of sp³-hybridized carbons (Fsp3) is 0.250. The second kappa shape index (κ2) is 8.87. The number of rotatable bonds is 1. The topological polar surface area (TPSA) is 9.23 Å². The van der Waals surface area contributed by atoms with Crippen molar-refractivity contribution in [2.45, 2.75) is 0 Å². The largest absolute Gasteiger partial charge is 1.00 e. The van der Waals surface area contributed by atoms with Crippen LogP contribution in [-0.2, 0) is 4.74 Å². The summed E-state index contributed by atoms with van der Waals surface area (Å²) in [4.78, 5) is 0. The van der Waals surface area contributed by atoms with Crippen molar-refractivity contribution < 1.29 is 23.6 Å². The first kappa shape index (κ1) is 9.32. The average molecular weight is 76.0 g/mol. The maximum Gasteiger partial charge on any atom is 1.00 e. The van der Waals surface area contributed by atoms with Gasteiger partial charge in [0, 0.05) is 0 Å². The van der Waals surface area contributed by atoms with Gasteiger partial charge in [-0.3, -0.25) is 5.73 Å². The molecule has 0 atom stereocenters. The Labute approximate surface area is 49.9 Å². The van der Waals surface area contributed by atoms with Crippen LogP contribution >= 0.6 is 0 Å². The molecular formula is C4H5LiO. The van der Waals surface area contributed by atoms with Crippen LogP contribution in [0.4, 0.5) is 0 Å². The Balaban J connectivity index is 0. The summed E-state index contributed by atoms with van der Waals surface area (Å²) in [5, 5.41) is 0. The molecule has 0 aromatic rings. The average Bonchev–Trinajstić information content (AvgIpc) is 1.41. The number of methoxy groups -OCH3 is 1. The summed E-state index contributed by atoms with van der Waals surface area (Å²) in [6.45, 7) is 3.19. The summed E-state index contributed by atoms with van der Waals surface area (Å²) >= 11 is 0. The monoisotopic (exact) mass is 76.1 g/mol. The van der Waals surface area contributed by atoms with Crippen LogP contribution in [0.1, 0.15) is 0 Å². The first-order valence-corrected chi connectivity index (χ1v) is 1.22. The predicted molar refractivity (Wildman–Crippen MR) is 19.4 cm³/mol. The van der Waals surface area contributed by atoms with E-state index in [1.165, 1.54) is 7.11 Å². The van der Waals surface area contributed by atoms with E-state index >= 15 is 0 Å². The molecule has 0 aromatic carbocycles. The molecule has 0 radical (unpaired) electrons. The van der Waals surface area contributed by atoms with Crippen LogP contribution in [0, 0.1) is 6.26 Å². The molecule has 0 bridgehead atoms. The Morgan fingerprint density at radius 3 is 2.33 bits per heavy atom. The zero-order valence-electron chi connectivity index (χ0n) is 4.12. The van der Waals surface area contributed by atoms with E-state index in [1.807, 2.05) is 0 Å². The van der Waals surface area contributed by atoms with Crippen LogP contribution in [0.25, 0.3) is 0 Å². The Hall–Kier alpha value is -0.0826. The molecule has 0 spiro atoms. The number of ether oxygens (including phenoxy) is 1. The van der Waals surface area contributed by atoms with Gasteiger partial charge in [0.2, 0.25) is 0 Å². The molecule has 0 fully saturated rings. The van der Waals surface area contributed by atoms with E-state index in [9.17, 15) is 0 Å². The fourth-order valence-electron chi connectivity index (χ4n) is 0.0722. The molecule has 0 saturated heterocycles. The van der Waals surface area contributed by atoms with Gasteiger partial charge in [-0.25, -0.2) is 6.58 Å². The molecule has 0 unspecified atom stereocenters. The summed E-state index contributed by atoms with van der Waals surface area (Å²) in [6, 6.07) is 0. The third kappa shape index (κ3) is 9.07. The number of hydrogen-bond donors (Lipinski definition) is 0. The van der Waals surface area contributed by atoms with Gasteiger partial charge in [-0.05, 0) is 6.26 Å². The molecule has 0 aliphatic rings. The van der Waals surface area contributed by atoms with Gasteiger partial charge in [0.25, 0.3) is 0 Å². The van der Waals surface area contributed by atoms with Gasteiger partial charge in [-0.2, -0.15) is 0 Å². The van der Waals surface area contributed by atoms with Crippen molar-refractivity contribution in [3.05, 3.63) is 18.6 Å². The Morgan fingerprint density at radius 1 is 1.83 bits per heavy atom. The first-order chi connectivity index (χ1) is 2.41. The van der Waals surface area contributed by atoms with Crippen molar-refractivity contribution in [1.29, 1.82) is 0 Å². The van der Waals surface area contributed by atoms with Crippen LogP contribution in [-0.4, -0.2) is 7.11 Å². The van der Waals surface area contributed by atoms with E-state index < -0.39 is 0 Å². The second-order valence-electron chi connectivity index (χ2n) is 0.483. The minimum Gasteiger partial charge on any atom is -0.588 e. The van der Waals surface area contributed by atoms with Crippen molar-refractivity contribution in [3.63, 3.8) is 0 Å². The second-order valence-corrected chi connectivity index (χ2v) is 0.483. The fourth-order valence-corrected chi connectivity index (χ4v) is 0.0722. The molecule has 0 aliphatic heterocycles. The van der Waals surface area contributed by atoms with Gasteiger partial charge in [0.1, 0.15) is 0 Å². The van der Waals surface area contributed by atoms with E-state index in [0.717, 1.165) is 0 Å². The number of hydrogen-bond acceptors (Lipinski definition) is 1. The molecule has 0 saturated carbocycles. The minimum atomic E-state index is 0. The third-order valence-corrected chi connectivity index (χ3v) is 0.174. The smallest absolute Gasteiger partial charge is 0.588 e. The van der Waals surface area contributed by atoms with Gasteiger partial charge < -0.3 is 4.74 Å². The van der Waals surface area contributed by atoms with Crippen molar-refractivity contribution in [3.8, 4) is 0 Å². The maximum atomic E-state index is 4.27. The predicted octanol–water partition coefficient (Wildman–Crippen LogP) is -2.26. The molecule has 2 heteroatoms. The SMILES string of the molecule is C=C=[C-]OC.[Li+]. The van der Waals surface area contributed by atoms with Crippen LogP contribution < -0.4 is 18.9 Å². The van der Waals surface area contributed by atoms with Gasteiger partial charge in [-0.1, -0.05) is 0 Å². The van der Waals surface area contributed by atoms with E-state index in [-0.39, 0.29) is 18.9 Å². The van der Waals surface area contributed by atoms with Crippen LogP contribution in [0.2, 0.25) is 0 Å².